The number of hydrogen-bond acceptors (Lipinski definition) is 9. The van der Waals surface area contributed by atoms with E-state index in [-0.39, 0.29) is 46.7 Å². The Balaban J connectivity index is 2.05. The second-order valence-electron chi connectivity index (χ2n) is 5.93. The molecule has 0 spiro atoms. The molecule has 2 aromatic heterocycles. The first-order valence-electron chi connectivity index (χ1n) is 8.94. The van der Waals surface area contributed by atoms with Crippen molar-refractivity contribution in [1.29, 1.82) is 0 Å². The minimum Gasteiger partial charge on any atom is -0.462 e. The van der Waals surface area contributed by atoms with Crippen molar-refractivity contribution >= 4 is 28.3 Å². The maximum absolute atomic E-state index is 13.1. The third-order valence-corrected chi connectivity index (χ3v) is 5.02. The number of nitrogens with zero attached hydrogens (tertiary/aromatic N) is 2. The first-order valence-corrected chi connectivity index (χ1v) is 9.76. The first-order chi connectivity index (χ1) is 14.3. The van der Waals surface area contributed by atoms with E-state index in [4.69, 9.17) is 19.6 Å². The highest BCUT2D eigenvalue weighted by Crippen LogP contribution is 2.33. The zero-order chi connectivity index (χ0) is 21.8. The zero-order valence-electron chi connectivity index (χ0n) is 16.1. The maximum atomic E-state index is 13.1. The maximum Gasteiger partial charge on any atom is 0.437 e. The van der Waals surface area contributed by atoms with Crippen LogP contribution in [0.1, 0.15) is 39.4 Å². The van der Waals surface area contributed by atoms with E-state index in [0.29, 0.717) is 5.56 Å². The Hall–Kier alpha value is -3.47. The summed E-state index contributed by atoms with van der Waals surface area (Å²) in [6.07, 6.45) is 0. The van der Waals surface area contributed by atoms with Gasteiger partial charge in [-0.25, -0.2) is 18.8 Å². The van der Waals surface area contributed by atoms with Crippen molar-refractivity contribution in [3.63, 3.8) is 0 Å². The molecule has 0 amide bonds. The van der Waals surface area contributed by atoms with Gasteiger partial charge in [0.15, 0.2) is 0 Å². The van der Waals surface area contributed by atoms with Crippen LogP contribution >= 0.6 is 11.3 Å². The Kier molecular flexibility index (Phi) is 6.31. The number of nitrogens with two attached hydrogens (primary N) is 1. The molecule has 0 bridgehead atoms. The molecule has 9 nitrogen and oxygen atoms in total. The third-order valence-electron chi connectivity index (χ3n) is 3.98. The molecular formula is C19H18FN3O6S. The zero-order valence-corrected chi connectivity index (χ0v) is 17.0. The lowest BCUT2D eigenvalue weighted by atomic mass is 10.1. The van der Waals surface area contributed by atoms with Gasteiger partial charge in [-0.05, 0) is 38.1 Å². The van der Waals surface area contributed by atoms with Gasteiger partial charge < -0.3 is 19.6 Å². The quantitative estimate of drug-likeness (QED) is 0.561. The Labute approximate surface area is 173 Å². The Morgan fingerprint density at radius 2 is 1.80 bits per heavy atom. The number of thiophene rings is 1. The standard InChI is InChI=1S/C19H18FN3O6S/c1-3-27-17(24)13-12(14(30-15(13)21)18(25)28-4-2)9-23-19(26)29-16(22-23)10-5-7-11(20)8-6-10/h5-8H,3-4,9,21H2,1-2H3. The SMILES string of the molecule is CCOC(=O)c1sc(N)c(C(=O)OCC)c1Cn1nc(-c2ccc(F)cc2)oc1=O. The van der Waals surface area contributed by atoms with Crippen LogP contribution in [0, 0.1) is 5.82 Å². The monoisotopic (exact) mass is 435 g/mol. The van der Waals surface area contributed by atoms with Gasteiger partial charge >= 0.3 is 17.7 Å². The third kappa shape index (κ3) is 4.25. The van der Waals surface area contributed by atoms with Crippen LogP contribution in [0.5, 0.6) is 0 Å². The van der Waals surface area contributed by atoms with E-state index in [1.54, 1.807) is 13.8 Å². The molecule has 0 fully saturated rings. The molecule has 30 heavy (non-hydrogen) atoms. The fourth-order valence-electron chi connectivity index (χ4n) is 2.69. The molecule has 0 saturated heterocycles. The smallest absolute Gasteiger partial charge is 0.437 e. The highest BCUT2D eigenvalue weighted by Gasteiger charge is 2.29. The van der Waals surface area contributed by atoms with Crippen LogP contribution in [0.2, 0.25) is 0 Å². The molecule has 0 saturated carbocycles. The van der Waals surface area contributed by atoms with E-state index in [9.17, 15) is 18.8 Å². The number of rotatable bonds is 7. The van der Waals surface area contributed by atoms with Gasteiger partial charge in [-0.2, -0.15) is 4.68 Å². The highest BCUT2D eigenvalue weighted by atomic mass is 32.1. The van der Waals surface area contributed by atoms with Crippen molar-refractivity contribution in [2.45, 2.75) is 20.4 Å². The summed E-state index contributed by atoms with van der Waals surface area (Å²) >= 11 is 0.860. The Morgan fingerprint density at radius 1 is 1.17 bits per heavy atom. The van der Waals surface area contributed by atoms with Crippen LogP contribution in [0.4, 0.5) is 9.39 Å². The van der Waals surface area contributed by atoms with Gasteiger partial charge in [0, 0.05) is 11.1 Å². The second-order valence-corrected chi connectivity index (χ2v) is 6.98. The van der Waals surface area contributed by atoms with Gasteiger partial charge in [0.1, 0.15) is 15.7 Å². The molecule has 0 aliphatic carbocycles. The van der Waals surface area contributed by atoms with E-state index in [1.807, 2.05) is 0 Å². The van der Waals surface area contributed by atoms with Crippen molar-refractivity contribution in [3.8, 4) is 11.5 Å². The summed E-state index contributed by atoms with van der Waals surface area (Å²) in [5, 5.41) is 4.14. The van der Waals surface area contributed by atoms with Crippen LogP contribution < -0.4 is 11.5 Å². The Morgan fingerprint density at radius 3 is 2.43 bits per heavy atom. The normalized spacial score (nSPS) is 10.8. The highest BCUT2D eigenvalue weighted by molar-refractivity contribution is 7.18. The molecule has 1 aromatic carbocycles. The topological polar surface area (TPSA) is 127 Å². The van der Waals surface area contributed by atoms with Crippen molar-refractivity contribution in [2.24, 2.45) is 0 Å². The van der Waals surface area contributed by atoms with Gasteiger partial charge in [0.05, 0.1) is 25.3 Å². The lowest BCUT2D eigenvalue weighted by Gasteiger charge is -2.07. The summed E-state index contributed by atoms with van der Waals surface area (Å²) in [6, 6.07) is 5.21. The van der Waals surface area contributed by atoms with E-state index in [0.717, 1.165) is 16.0 Å². The van der Waals surface area contributed by atoms with Gasteiger partial charge in [0.2, 0.25) is 5.89 Å². The van der Waals surface area contributed by atoms with E-state index in [2.05, 4.69) is 5.10 Å². The summed E-state index contributed by atoms with van der Waals surface area (Å²) in [5.74, 6) is -2.74. The molecule has 0 unspecified atom stereocenters. The number of nitrogen functional groups attached to an aromatic ring is 1. The molecule has 0 aliphatic rings. The molecule has 3 rings (SSSR count). The number of esters is 2. The van der Waals surface area contributed by atoms with Crippen molar-refractivity contribution in [3.05, 3.63) is 56.6 Å². The summed E-state index contributed by atoms with van der Waals surface area (Å²) in [4.78, 5) is 37.1. The van der Waals surface area contributed by atoms with Crippen LogP contribution in [0.3, 0.4) is 0 Å². The van der Waals surface area contributed by atoms with Crippen molar-refractivity contribution < 1.29 is 27.9 Å². The molecule has 3 aromatic rings. The second kappa shape index (κ2) is 8.91. The number of aromatic nitrogens is 2. The Bertz CT molecular complexity index is 1130. The van der Waals surface area contributed by atoms with Crippen LogP contribution in [-0.2, 0) is 16.0 Å². The summed E-state index contributed by atoms with van der Waals surface area (Å²) < 4.78 is 29.2. The molecule has 2 N–H and O–H groups in total. The largest absolute Gasteiger partial charge is 0.462 e. The molecule has 0 radical (unpaired) electrons. The summed E-state index contributed by atoms with van der Waals surface area (Å²) in [7, 11) is 0. The van der Waals surface area contributed by atoms with Crippen molar-refractivity contribution in [1.82, 2.24) is 9.78 Å². The minimum atomic E-state index is -0.830. The average molecular weight is 435 g/mol. The lowest BCUT2D eigenvalue weighted by molar-refractivity contribution is 0.0526. The van der Waals surface area contributed by atoms with Gasteiger partial charge in [-0.15, -0.1) is 16.4 Å². The average Bonchev–Trinajstić information content (AvgIpc) is 3.23. The van der Waals surface area contributed by atoms with Crippen LogP contribution in [0.25, 0.3) is 11.5 Å². The molecule has 0 atom stereocenters. The van der Waals surface area contributed by atoms with Gasteiger partial charge in [-0.3, -0.25) is 0 Å². The predicted molar refractivity (Wildman–Crippen MR) is 106 cm³/mol. The van der Waals surface area contributed by atoms with E-state index < -0.39 is 23.5 Å². The summed E-state index contributed by atoms with van der Waals surface area (Å²) in [5.41, 5.74) is 6.46. The van der Waals surface area contributed by atoms with Gasteiger partial charge in [0.25, 0.3) is 0 Å². The molecule has 158 valence electrons. The van der Waals surface area contributed by atoms with E-state index in [1.165, 1.54) is 24.3 Å². The minimum absolute atomic E-state index is 0.0249. The number of anilines is 1. The van der Waals surface area contributed by atoms with Crippen molar-refractivity contribution in [2.75, 3.05) is 18.9 Å². The fourth-order valence-corrected chi connectivity index (χ4v) is 3.65. The first kappa shape index (κ1) is 21.2. The number of benzene rings is 1. The molecular weight excluding hydrogens is 417 g/mol. The lowest BCUT2D eigenvalue weighted by Crippen LogP contribution is -2.20. The number of halogens is 1. The molecule has 11 heteroatoms. The fraction of sp³-hybridized carbons (Fsp3) is 0.263. The van der Waals surface area contributed by atoms with Gasteiger partial charge in [-0.1, -0.05) is 0 Å². The van der Waals surface area contributed by atoms with E-state index >= 15 is 0 Å². The number of carbonyl (C=O) groups excluding carboxylic acids is 2. The predicted octanol–water partition coefficient (Wildman–Crippen LogP) is 2.69. The molecule has 2 heterocycles. The molecule has 0 aliphatic heterocycles. The summed E-state index contributed by atoms with van der Waals surface area (Å²) in [6.45, 7) is 3.20. The number of ether oxygens (including phenoxy) is 2. The number of hydrogen-bond donors (Lipinski definition) is 1. The van der Waals surface area contributed by atoms with Crippen LogP contribution in [0.15, 0.2) is 33.5 Å². The number of carbonyl (C=O) groups is 2. The van der Waals surface area contributed by atoms with Crippen LogP contribution in [-0.4, -0.2) is 34.9 Å².